The van der Waals surface area contributed by atoms with Crippen molar-refractivity contribution in [3.8, 4) is 0 Å². The van der Waals surface area contributed by atoms with E-state index >= 15 is 0 Å². The molecule has 1 aromatic carbocycles. The molecular weight excluding hydrogens is 312 g/mol. The molecule has 25 heavy (non-hydrogen) atoms. The van der Waals surface area contributed by atoms with Gasteiger partial charge in [-0.2, -0.15) is 0 Å². The molecule has 3 atom stereocenters. The number of rotatable bonds is 2. The van der Waals surface area contributed by atoms with Crippen LogP contribution in [0.2, 0.25) is 0 Å². The molecule has 1 heterocycles. The first-order valence-corrected chi connectivity index (χ1v) is 9.11. The molecule has 3 rings (SSSR count). The fourth-order valence-corrected chi connectivity index (χ4v) is 4.12. The molecule has 1 aromatic rings. The van der Waals surface area contributed by atoms with Crippen LogP contribution >= 0.6 is 0 Å². The molecule has 3 nitrogen and oxygen atoms in total. The van der Waals surface area contributed by atoms with Crippen LogP contribution in [0.25, 0.3) is 6.08 Å². The third-order valence-corrected chi connectivity index (χ3v) is 5.88. The molecule has 3 unspecified atom stereocenters. The Hall–Kier alpha value is -1.42. The first-order chi connectivity index (χ1) is 11.6. The summed E-state index contributed by atoms with van der Waals surface area (Å²) in [4.78, 5) is 0. The molecule has 1 N–H and O–H groups in total. The zero-order valence-corrected chi connectivity index (χ0v) is 16.2. The van der Waals surface area contributed by atoms with Gasteiger partial charge in [0.05, 0.1) is 12.2 Å². The molecule has 3 heteroatoms. The van der Waals surface area contributed by atoms with Crippen molar-refractivity contribution in [3.05, 3.63) is 53.1 Å². The van der Waals surface area contributed by atoms with Gasteiger partial charge < -0.3 is 14.6 Å². The highest BCUT2D eigenvalue weighted by Gasteiger charge is 2.56. The summed E-state index contributed by atoms with van der Waals surface area (Å²) in [6, 6.07) is 8.19. The van der Waals surface area contributed by atoms with E-state index in [9.17, 15) is 5.11 Å². The average molecular weight is 342 g/mol. The molecular formula is C22H30O3. The minimum absolute atomic E-state index is 0.0496. The summed E-state index contributed by atoms with van der Waals surface area (Å²) in [6.45, 7) is 12.3. The van der Waals surface area contributed by atoms with Crippen LogP contribution in [0.15, 0.2) is 42.0 Å². The molecule has 0 aromatic heterocycles. The van der Waals surface area contributed by atoms with E-state index < -0.39 is 16.8 Å². The van der Waals surface area contributed by atoms with Crippen LogP contribution in [-0.2, 0) is 9.47 Å². The summed E-state index contributed by atoms with van der Waals surface area (Å²) >= 11 is 0. The number of benzene rings is 1. The highest BCUT2D eigenvalue weighted by molar-refractivity contribution is 5.56. The average Bonchev–Trinajstić information content (AvgIpc) is 2.77. The highest BCUT2D eigenvalue weighted by Crippen LogP contribution is 2.52. The Morgan fingerprint density at radius 3 is 2.24 bits per heavy atom. The zero-order chi connectivity index (χ0) is 18.5. The SMILES string of the molecule is CC1=CC2(CC(C)(C)C1(O)C=Cc1ccccc1C)OC(C)C(C)O2. The molecule has 136 valence electrons. The second kappa shape index (κ2) is 6.08. The van der Waals surface area contributed by atoms with Crippen LogP contribution in [-0.4, -0.2) is 28.7 Å². The number of ether oxygens (including phenoxy) is 2. The summed E-state index contributed by atoms with van der Waals surface area (Å²) in [5, 5.41) is 11.5. The first-order valence-electron chi connectivity index (χ1n) is 9.11. The van der Waals surface area contributed by atoms with E-state index in [1.54, 1.807) is 0 Å². The number of hydrogen-bond donors (Lipinski definition) is 1. The van der Waals surface area contributed by atoms with Crippen molar-refractivity contribution in [2.24, 2.45) is 5.41 Å². The zero-order valence-electron chi connectivity index (χ0n) is 16.2. The van der Waals surface area contributed by atoms with Crippen LogP contribution in [0.3, 0.4) is 0 Å². The van der Waals surface area contributed by atoms with Crippen molar-refractivity contribution in [1.82, 2.24) is 0 Å². The van der Waals surface area contributed by atoms with Gasteiger partial charge in [0.1, 0.15) is 5.60 Å². The van der Waals surface area contributed by atoms with Gasteiger partial charge in [0.25, 0.3) is 0 Å². The van der Waals surface area contributed by atoms with Crippen molar-refractivity contribution in [1.29, 1.82) is 0 Å². The summed E-state index contributed by atoms with van der Waals surface area (Å²) in [7, 11) is 0. The predicted octanol–water partition coefficient (Wildman–Crippen LogP) is 4.64. The lowest BCUT2D eigenvalue weighted by Crippen LogP contribution is -2.53. The Bertz CT molecular complexity index is 706. The second-order valence-corrected chi connectivity index (χ2v) is 8.30. The van der Waals surface area contributed by atoms with E-state index in [4.69, 9.17) is 9.47 Å². The van der Waals surface area contributed by atoms with E-state index in [2.05, 4.69) is 32.9 Å². The lowest BCUT2D eigenvalue weighted by Gasteiger charge is -2.49. The molecule has 1 aliphatic carbocycles. The Morgan fingerprint density at radius 1 is 1.08 bits per heavy atom. The third-order valence-electron chi connectivity index (χ3n) is 5.88. The Morgan fingerprint density at radius 2 is 1.68 bits per heavy atom. The van der Waals surface area contributed by atoms with Crippen LogP contribution in [0.5, 0.6) is 0 Å². The van der Waals surface area contributed by atoms with Crippen molar-refractivity contribution in [2.75, 3.05) is 0 Å². The molecule has 0 saturated carbocycles. The van der Waals surface area contributed by atoms with Gasteiger partial charge in [0, 0.05) is 11.8 Å². The lowest BCUT2D eigenvalue weighted by molar-refractivity contribution is -0.183. The van der Waals surface area contributed by atoms with Gasteiger partial charge in [0.15, 0.2) is 5.79 Å². The predicted molar refractivity (Wildman–Crippen MR) is 101 cm³/mol. The molecule has 0 bridgehead atoms. The van der Waals surface area contributed by atoms with Crippen molar-refractivity contribution in [3.63, 3.8) is 0 Å². The summed E-state index contributed by atoms with van der Waals surface area (Å²) in [5.74, 6) is -0.727. The van der Waals surface area contributed by atoms with Crippen LogP contribution < -0.4 is 0 Å². The maximum Gasteiger partial charge on any atom is 0.189 e. The van der Waals surface area contributed by atoms with E-state index in [1.165, 1.54) is 5.56 Å². The Balaban J connectivity index is 1.97. The van der Waals surface area contributed by atoms with Crippen molar-refractivity contribution in [2.45, 2.75) is 71.6 Å². The van der Waals surface area contributed by atoms with E-state index in [-0.39, 0.29) is 12.2 Å². The van der Waals surface area contributed by atoms with Gasteiger partial charge >= 0.3 is 0 Å². The standard InChI is InChI=1S/C22H30O3/c1-15-9-7-8-10-19(15)11-12-22(23)16(2)13-21(14-20(22,5)6)24-17(3)18(4)25-21/h7-13,17-18,23H,14H2,1-6H3. The second-order valence-electron chi connectivity index (χ2n) is 8.30. The molecule has 0 radical (unpaired) electrons. The summed E-state index contributed by atoms with van der Waals surface area (Å²) in [6.07, 6.45) is 6.63. The lowest BCUT2D eigenvalue weighted by atomic mass is 9.63. The molecule has 1 aliphatic heterocycles. The van der Waals surface area contributed by atoms with Gasteiger partial charge in [-0.25, -0.2) is 0 Å². The quantitative estimate of drug-likeness (QED) is 0.796. The number of aryl methyl sites for hydroxylation is 1. The van der Waals surface area contributed by atoms with E-state index in [1.807, 2.05) is 51.1 Å². The maximum atomic E-state index is 11.5. The fraction of sp³-hybridized carbons (Fsp3) is 0.545. The van der Waals surface area contributed by atoms with Crippen LogP contribution in [0, 0.1) is 12.3 Å². The van der Waals surface area contributed by atoms with Gasteiger partial charge in [-0.05, 0) is 56.5 Å². The first kappa shape index (κ1) is 18.4. The Kier molecular flexibility index (Phi) is 4.47. The topological polar surface area (TPSA) is 38.7 Å². The Labute approximate surface area is 151 Å². The third kappa shape index (κ3) is 3.10. The van der Waals surface area contributed by atoms with E-state index in [0.717, 1.165) is 11.1 Å². The molecule has 1 saturated heterocycles. The van der Waals surface area contributed by atoms with Gasteiger partial charge in [-0.15, -0.1) is 0 Å². The largest absolute Gasteiger partial charge is 0.381 e. The van der Waals surface area contributed by atoms with Gasteiger partial charge in [-0.3, -0.25) is 0 Å². The van der Waals surface area contributed by atoms with Crippen molar-refractivity contribution < 1.29 is 14.6 Å². The fourth-order valence-electron chi connectivity index (χ4n) is 4.12. The van der Waals surface area contributed by atoms with Crippen molar-refractivity contribution >= 4 is 6.08 Å². The minimum atomic E-state index is -1.04. The molecule has 1 fully saturated rings. The molecule has 0 amide bonds. The smallest absolute Gasteiger partial charge is 0.189 e. The normalized spacial score (nSPS) is 37.6. The maximum absolute atomic E-state index is 11.5. The number of hydrogen-bond acceptors (Lipinski definition) is 3. The number of aliphatic hydroxyl groups is 1. The van der Waals surface area contributed by atoms with E-state index in [0.29, 0.717) is 6.42 Å². The minimum Gasteiger partial charge on any atom is -0.381 e. The highest BCUT2D eigenvalue weighted by atomic mass is 16.8. The monoisotopic (exact) mass is 342 g/mol. The summed E-state index contributed by atoms with van der Waals surface area (Å²) in [5.41, 5.74) is 1.72. The molecule has 2 aliphatic rings. The summed E-state index contributed by atoms with van der Waals surface area (Å²) < 4.78 is 12.3. The van der Waals surface area contributed by atoms with Crippen LogP contribution in [0.1, 0.15) is 52.2 Å². The van der Waals surface area contributed by atoms with Crippen LogP contribution in [0.4, 0.5) is 0 Å². The van der Waals surface area contributed by atoms with Gasteiger partial charge in [0.2, 0.25) is 0 Å². The van der Waals surface area contributed by atoms with Gasteiger partial charge in [-0.1, -0.05) is 44.2 Å². The molecule has 1 spiro atoms.